The smallest absolute Gasteiger partial charge is 0.271 e. The van der Waals surface area contributed by atoms with Gasteiger partial charge in [0, 0.05) is 24.0 Å². The second-order valence-corrected chi connectivity index (χ2v) is 6.76. The van der Waals surface area contributed by atoms with Gasteiger partial charge in [-0.05, 0) is 40.2 Å². The summed E-state index contributed by atoms with van der Waals surface area (Å²) in [6, 6.07) is 12.0. The van der Waals surface area contributed by atoms with E-state index < -0.39 is 4.92 Å². The molecule has 0 spiro atoms. The summed E-state index contributed by atoms with van der Waals surface area (Å²) < 4.78 is 1.02. The van der Waals surface area contributed by atoms with Gasteiger partial charge in [0.15, 0.2) is 0 Å². The van der Waals surface area contributed by atoms with Crippen molar-refractivity contribution in [1.29, 1.82) is 0 Å². The van der Waals surface area contributed by atoms with Crippen molar-refractivity contribution < 1.29 is 4.92 Å². The third kappa shape index (κ3) is 3.29. The Labute approximate surface area is 138 Å². The van der Waals surface area contributed by atoms with Gasteiger partial charge in [0.05, 0.1) is 19.3 Å². The zero-order valence-corrected chi connectivity index (χ0v) is 13.5. The van der Waals surface area contributed by atoms with Crippen LogP contribution in [-0.4, -0.2) is 14.9 Å². The fraction of sp³-hybridized carbons (Fsp3) is 0. The van der Waals surface area contributed by atoms with Crippen LogP contribution in [0.15, 0.2) is 52.4 Å². The first kappa shape index (κ1) is 14.6. The fourth-order valence-corrected chi connectivity index (χ4v) is 3.19. The molecule has 0 saturated heterocycles. The maximum Gasteiger partial charge on any atom is 0.271 e. The third-order valence-corrected chi connectivity index (χ3v) is 4.44. The Morgan fingerprint density at radius 2 is 2.09 bits per heavy atom. The molecule has 2 heterocycles. The van der Waals surface area contributed by atoms with Gasteiger partial charge in [0.1, 0.15) is 0 Å². The molecule has 1 aromatic carbocycles. The van der Waals surface area contributed by atoms with Gasteiger partial charge >= 0.3 is 0 Å². The molecule has 1 N–H and O–H groups in total. The highest BCUT2D eigenvalue weighted by Gasteiger charge is 2.08. The van der Waals surface area contributed by atoms with Crippen LogP contribution in [0.5, 0.6) is 0 Å². The Morgan fingerprint density at radius 3 is 2.82 bits per heavy atom. The Balaban J connectivity index is 1.87. The molecule has 3 rings (SSSR count). The summed E-state index contributed by atoms with van der Waals surface area (Å²) in [5.74, 6) is 0.391. The lowest BCUT2D eigenvalue weighted by Crippen LogP contribution is -1.98. The maximum atomic E-state index is 10.8. The number of aromatic nitrogens is 2. The number of nitrogens with one attached hydrogen (secondary N) is 1. The minimum Gasteiger partial charge on any atom is -0.324 e. The van der Waals surface area contributed by atoms with Crippen LogP contribution in [0.4, 0.5) is 17.3 Å². The van der Waals surface area contributed by atoms with Crippen LogP contribution >= 0.6 is 27.3 Å². The van der Waals surface area contributed by atoms with E-state index in [1.165, 1.54) is 12.1 Å². The van der Waals surface area contributed by atoms with Crippen molar-refractivity contribution in [2.24, 2.45) is 0 Å². The van der Waals surface area contributed by atoms with Crippen LogP contribution in [-0.2, 0) is 0 Å². The number of hydrogen-bond acceptors (Lipinski definition) is 6. The molecule has 0 bridgehead atoms. The maximum absolute atomic E-state index is 10.8. The molecule has 0 atom stereocenters. The molecular weight excluding hydrogens is 368 g/mol. The molecular formula is C14H9BrN4O2S. The number of nitrogens with zero attached hydrogens (tertiary/aromatic N) is 3. The SMILES string of the molecule is O=[N+]([O-])c1cccc(Nc2nccc(-c3ccc(Br)s3)n2)c1. The minimum atomic E-state index is -0.439. The van der Waals surface area contributed by atoms with Crippen molar-refractivity contribution >= 4 is 44.6 Å². The highest BCUT2D eigenvalue weighted by atomic mass is 79.9. The zero-order valence-electron chi connectivity index (χ0n) is 11.1. The Morgan fingerprint density at radius 1 is 1.23 bits per heavy atom. The van der Waals surface area contributed by atoms with Crippen molar-refractivity contribution in [3.05, 3.63) is 62.6 Å². The van der Waals surface area contributed by atoms with E-state index in [2.05, 4.69) is 31.2 Å². The summed E-state index contributed by atoms with van der Waals surface area (Å²) in [6.45, 7) is 0. The van der Waals surface area contributed by atoms with Crippen LogP contribution in [0.2, 0.25) is 0 Å². The number of nitro benzene ring substituents is 1. The van der Waals surface area contributed by atoms with Gasteiger partial charge < -0.3 is 5.32 Å². The second-order valence-electron chi connectivity index (χ2n) is 4.30. The molecule has 0 aliphatic rings. The van der Waals surface area contributed by atoms with Gasteiger partial charge in [-0.3, -0.25) is 10.1 Å². The number of nitro groups is 1. The molecule has 6 nitrogen and oxygen atoms in total. The van der Waals surface area contributed by atoms with Crippen LogP contribution in [0, 0.1) is 10.1 Å². The topological polar surface area (TPSA) is 81.0 Å². The third-order valence-electron chi connectivity index (χ3n) is 2.79. The van der Waals surface area contributed by atoms with E-state index >= 15 is 0 Å². The predicted octanol–water partition coefficient (Wildman–Crippen LogP) is 4.62. The summed E-state index contributed by atoms with van der Waals surface area (Å²) in [5.41, 5.74) is 1.38. The van der Waals surface area contributed by atoms with Crippen molar-refractivity contribution in [3.63, 3.8) is 0 Å². The van der Waals surface area contributed by atoms with Crippen molar-refractivity contribution in [1.82, 2.24) is 9.97 Å². The summed E-state index contributed by atoms with van der Waals surface area (Å²) in [7, 11) is 0. The highest BCUT2D eigenvalue weighted by Crippen LogP contribution is 2.30. The molecule has 0 saturated carbocycles. The fourth-order valence-electron chi connectivity index (χ4n) is 1.83. The quantitative estimate of drug-likeness (QED) is 0.530. The van der Waals surface area contributed by atoms with E-state index in [1.54, 1.807) is 29.7 Å². The lowest BCUT2D eigenvalue weighted by atomic mass is 10.3. The molecule has 0 fully saturated rings. The summed E-state index contributed by atoms with van der Waals surface area (Å²) >= 11 is 4.99. The monoisotopic (exact) mass is 376 g/mol. The first-order valence-corrected chi connectivity index (χ1v) is 7.83. The molecule has 0 aliphatic heterocycles. The number of thiophene rings is 1. The summed E-state index contributed by atoms with van der Waals surface area (Å²) in [5, 5.41) is 13.8. The molecule has 3 aromatic rings. The van der Waals surface area contributed by atoms with E-state index in [4.69, 9.17) is 0 Å². The van der Waals surface area contributed by atoms with E-state index in [0.29, 0.717) is 11.6 Å². The highest BCUT2D eigenvalue weighted by molar-refractivity contribution is 9.11. The van der Waals surface area contributed by atoms with Crippen LogP contribution in [0.3, 0.4) is 0 Å². The molecule has 8 heteroatoms. The van der Waals surface area contributed by atoms with E-state index in [9.17, 15) is 10.1 Å². The lowest BCUT2D eigenvalue weighted by Gasteiger charge is -2.05. The van der Waals surface area contributed by atoms with E-state index in [-0.39, 0.29) is 5.69 Å². The van der Waals surface area contributed by atoms with Gasteiger partial charge in [-0.1, -0.05) is 6.07 Å². The number of non-ortho nitro benzene ring substituents is 1. The van der Waals surface area contributed by atoms with Crippen molar-refractivity contribution in [2.75, 3.05) is 5.32 Å². The molecule has 2 aromatic heterocycles. The van der Waals surface area contributed by atoms with E-state index in [1.807, 2.05) is 18.2 Å². The number of rotatable bonds is 4. The van der Waals surface area contributed by atoms with Crippen LogP contribution in [0.25, 0.3) is 10.6 Å². The van der Waals surface area contributed by atoms with Crippen molar-refractivity contribution in [2.45, 2.75) is 0 Å². The second kappa shape index (κ2) is 6.20. The molecule has 0 unspecified atom stereocenters. The summed E-state index contributed by atoms with van der Waals surface area (Å²) in [4.78, 5) is 19.9. The number of hydrogen-bond donors (Lipinski definition) is 1. The van der Waals surface area contributed by atoms with Gasteiger partial charge in [-0.25, -0.2) is 9.97 Å². The van der Waals surface area contributed by atoms with Crippen LogP contribution in [0.1, 0.15) is 0 Å². The Hall–Kier alpha value is -2.32. The zero-order chi connectivity index (χ0) is 15.5. The number of halogens is 1. The number of benzene rings is 1. The standard InChI is InChI=1S/C14H9BrN4O2S/c15-13-5-4-12(22-13)11-6-7-16-14(18-11)17-9-2-1-3-10(8-9)19(20)21/h1-8H,(H,16,17,18). The number of anilines is 2. The average molecular weight is 377 g/mol. The molecule has 110 valence electrons. The molecule has 22 heavy (non-hydrogen) atoms. The summed E-state index contributed by atoms with van der Waals surface area (Å²) in [6.07, 6.45) is 1.65. The molecule has 0 amide bonds. The molecule has 0 aliphatic carbocycles. The first-order chi connectivity index (χ1) is 10.6. The minimum absolute atomic E-state index is 0.0170. The average Bonchev–Trinajstić information content (AvgIpc) is 2.94. The van der Waals surface area contributed by atoms with Crippen LogP contribution < -0.4 is 5.32 Å². The van der Waals surface area contributed by atoms with Gasteiger partial charge in [-0.15, -0.1) is 11.3 Å². The van der Waals surface area contributed by atoms with Gasteiger partial charge in [0.2, 0.25) is 5.95 Å². The van der Waals surface area contributed by atoms with Gasteiger partial charge in [-0.2, -0.15) is 0 Å². The predicted molar refractivity (Wildman–Crippen MR) is 89.4 cm³/mol. The van der Waals surface area contributed by atoms with Gasteiger partial charge in [0.25, 0.3) is 5.69 Å². The Bertz CT molecular complexity index is 837. The normalized spacial score (nSPS) is 10.4. The Kier molecular flexibility index (Phi) is 4.12. The van der Waals surface area contributed by atoms with Crippen molar-refractivity contribution in [3.8, 4) is 10.6 Å². The first-order valence-electron chi connectivity index (χ1n) is 6.22. The molecule has 0 radical (unpaired) electrons. The lowest BCUT2D eigenvalue weighted by molar-refractivity contribution is -0.384. The van der Waals surface area contributed by atoms with E-state index in [0.717, 1.165) is 14.4 Å². The largest absolute Gasteiger partial charge is 0.324 e.